The lowest BCUT2D eigenvalue weighted by Gasteiger charge is -2.35. The van der Waals surface area contributed by atoms with Crippen LogP contribution in [-0.2, 0) is 14.3 Å². The molecule has 3 rings (SSSR count). The van der Waals surface area contributed by atoms with Crippen molar-refractivity contribution >= 4 is 40.9 Å². The van der Waals surface area contributed by atoms with Crippen molar-refractivity contribution in [3.8, 4) is 6.07 Å². The van der Waals surface area contributed by atoms with Crippen LogP contribution < -0.4 is 10.6 Å². The molecule has 1 aliphatic rings. The molecule has 0 aliphatic carbocycles. The van der Waals surface area contributed by atoms with E-state index in [-0.39, 0.29) is 11.7 Å². The van der Waals surface area contributed by atoms with E-state index in [4.69, 9.17) is 16.3 Å². The molecule has 0 aromatic heterocycles. The van der Waals surface area contributed by atoms with Crippen LogP contribution >= 0.6 is 23.4 Å². The quantitative estimate of drug-likeness (QED) is 0.436. The Kier molecular flexibility index (Phi) is 8.55. The van der Waals surface area contributed by atoms with Crippen molar-refractivity contribution in [2.45, 2.75) is 46.1 Å². The maximum atomic E-state index is 13.2. The molecule has 36 heavy (non-hydrogen) atoms. The van der Waals surface area contributed by atoms with Crippen molar-refractivity contribution in [2.75, 3.05) is 11.1 Å². The Balaban J connectivity index is 1.92. The van der Waals surface area contributed by atoms with Crippen LogP contribution in [0.1, 0.15) is 43.4 Å². The zero-order valence-electron chi connectivity index (χ0n) is 21.1. The van der Waals surface area contributed by atoms with Gasteiger partial charge in [0.2, 0.25) is 5.91 Å². The minimum Gasteiger partial charge on any atom is -0.459 e. The van der Waals surface area contributed by atoms with Crippen LogP contribution in [0.3, 0.4) is 0 Å². The van der Waals surface area contributed by atoms with Gasteiger partial charge in [0.1, 0.15) is 11.5 Å². The Morgan fingerprint density at radius 1 is 1.19 bits per heavy atom. The fourth-order valence-corrected chi connectivity index (χ4v) is 4.92. The molecule has 0 spiro atoms. The highest BCUT2D eigenvalue weighted by Crippen LogP contribution is 2.43. The highest BCUT2D eigenvalue weighted by atomic mass is 35.5. The van der Waals surface area contributed by atoms with E-state index in [9.17, 15) is 14.9 Å². The van der Waals surface area contributed by atoms with Crippen molar-refractivity contribution in [3.63, 3.8) is 0 Å². The van der Waals surface area contributed by atoms with Crippen LogP contribution in [0.15, 0.2) is 65.3 Å². The van der Waals surface area contributed by atoms with E-state index in [1.54, 1.807) is 45.0 Å². The molecule has 6 nitrogen and oxygen atoms in total. The van der Waals surface area contributed by atoms with E-state index in [0.29, 0.717) is 21.3 Å². The lowest BCUT2D eigenvalue weighted by atomic mass is 9.77. The minimum absolute atomic E-state index is 0.0681. The lowest BCUT2D eigenvalue weighted by Crippen LogP contribution is -2.40. The highest BCUT2D eigenvalue weighted by Gasteiger charge is 2.42. The number of thioether (sulfide) groups is 1. The third-order valence-corrected chi connectivity index (χ3v) is 7.04. The predicted octanol–water partition coefficient (Wildman–Crippen LogP) is 6.22. The summed E-state index contributed by atoms with van der Waals surface area (Å²) < 4.78 is 5.67. The van der Waals surface area contributed by atoms with Gasteiger partial charge in [0.25, 0.3) is 0 Å². The van der Waals surface area contributed by atoms with Gasteiger partial charge in [-0.25, -0.2) is 0 Å². The van der Waals surface area contributed by atoms with Crippen LogP contribution in [0.2, 0.25) is 5.02 Å². The summed E-state index contributed by atoms with van der Waals surface area (Å²) in [6, 6.07) is 15.0. The number of nitrogens with zero attached hydrogens (tertiary/aromatic N) is 1. The Labute approximate surface area is 221 Å². The number of benzene rings is 2. The molecule has 0 fully saturated rings. The molecule has 2 aromatic rings. The summed E-state index contributed by atoms with van der Waals surface area (Å²) in [5, 5.41) is 17.2. The van der Waals surface area contributed by atoms with Gasteiger partial charge >= 0.3 is 5.97 Å². The van der Waals surface area contributed by atoms with Crippen molar-refractivity contribution in [1.29, 1.82) is 5.26 Å². The zero-order chi connectivity index (χ0) is 26.6. The Morgan fingerprint density at radius 2 is 1.86 bits per heavy atom. The van der Waals surface area contributed by atoms with Crippen molar-refractivity contribution in [3.05, 3.63) is 87.1 Å². The Morgan fingerprint density at radius 3 is 2.47 bits per heavy atom. The molecule has 8 heteroatoms. The highest BCUT2D eigenvalue weighted by molar-refractivity contribution is 8.03. The molecule has 2 atom stereocenters. The topological polar surface area (TPSA) is 91.2 Å². The normalized spacial score (nSPS) is 17.8. The number of ether oxygens (including phenoxy) is 1. The number of hydrogen-bond acceptors (Lipinski definition) is 6. The molecule has 0 radical (unpaired) electrons. The van der Waals surface area contributed by atoms with Crippen molar-refractivity contribution < 1.29 is 14.3 Å². The number of nitrogens with one attached hydrogen (secondary N) is 2. The lowest BCUT2D eigenvalue weighted by molar-refractivity contribution is -0.159. The predicted molar refractivity (Wildman–Crippen MR) is 145 cm³/mol. The summed E-state index contributed by atoms with van der Waals surface area (Å²) in [5.41, 5.74) is 3.59. The van der Waals surface area contributed by atoms with E-state index in [1.807, 2.05) is 32.0 Å². The van der Waals surface area contributed by atoms with Gasteiger partial charge in [-0.3, -0.25) is 9.59 Å². The van der Waals surface area contributed by atoms with Gasteiger partial charge in [0.05, 0.1) is 22.4 Å². The molecule has 1 aliphatic heterocycles. The molecule has 188 valence electrons. The Hall–Kier alpha value is -3.21. The molecular weight excluding hydrogens is 494 g/mol. The molecule has 2 N–H and O–H groups in total. The second-order valence-corrected chi connectivity index (χ2v) is 11.1. The number of aryl methyl sites for hydroxylation is 1. The van der Waals surface area contributed by atoms with E-state index in [1.165, 1.54) is 11.8 Å². The molecule has 0 bridgehead atoms. The molecule has 1 amide bonds. The average molecular weight is 524 g/mol. The number of carbonyl (C=O) groups is 2. The fraction of sp³-hybridized carbons (Fsp3) is 0.321. The Bertz CT molecular complexity index is 1260. The fourth-order valence-electron chi connectivity index (χ4n) is 3.92. The number of halogens is 1. The van der Waals surface area contributed by atoms with Gasteiger partial charge in [-0.2, -0.15) is 5.26 Å². The van der Waals surface area contributed by atoms with Gasteiger partial charge in [-0.1, -0.05) is 54.2 Å². The molecule has 1 heterocycles. The minimum atomic E-state index is -0.826. The van der Waals surface area contributed by atoms with E-state index < -0.39 is 23.4 Å². The number of carbonyl (C=O) groups excluding carboxylic acids is 2. The van der Waals surface area contributed by atoms with E-state index in [0.717, 1.165) is 22.4 Å². The average Bonchev–Trinajstić information content (AvgIpc) is 2.79. The number of amides is 1. The number of allylic oxidation sites excluding steroid dienone is 1. The summed E-state index contributed by atoms with van der Waals surface area (Å²) in [7, 11) is 0. The summed E-state index contributed by atoms with van der Waals surface area (Å²) >= 11 is 7.28. The number of esters is 1. The first-order valence-electron chi connectivity index (χ1n) is 11.5. The maximum Gasteiger partial charge on any atom is 0.316 e. The largest absolute Gasteiger partial charge is 0.459 e. The van der Waals surface area contributed by atoms with Gasteiger partial charge in [-0.15, -0.1) is 0 Å². The van der Waals surface area contributed by atoms with Crippen LogP contribution in [0.4, 0.5) is 5.69 Å². The monoisotopic (exact) mass is 523 g/mol. The maximum absolute atomic E-state index is 13.2. The summed E-state index contributed by atoms with van der Waals surface area (Å²) in [6.45, 7) is 13.4. The number of rotatable bonds is 6. The van der Waals surface area contributed by atoms with Crippen LogP contribution in [0.5, 0.6) is 0 Å². The SMILES string of the molecule is C=C1NC(SCC(=O)Nc2cccc(C)c2C)=C(C#N)C(c2ccc(Cl)cc2)C1C(=O)OC(C)(C)C. The first-order chi connectivity index (χ1) is 16.9. The third kappa shape index (κ3) is 6.51. The number of anilines is 1. The van der Waals surface area contributed by atoms with Crippen LogP contribution in [0.25, 0.3) is 0 Å². The molecule has 0 saturated heterocycles. The first kappa shape index (κ1) is 27.4. The summed E-state index contributed by atoms with van der Waals surface area (Å²) in [5.74, 6) is -2.08. The van der Waals surface area contributed by atoms with Gasteiger partial charge in [0.15, 0.2) is 0 Å². The molecule has 0 saturated carbocycles. The number of hydrogen-bond donors (Lipinski definition) is 2. The third-order valence-electron chi connectivity index (χ3n) is 5.78. The van der Waals surface area contributed by atoms with Crippen molar-refractivity contribution in [2.24, 2.45) is 5.92 Å². The zero-order valence-corrected chi connectivity index (χ0v) is 22.6. The van der Waals surface area contributed by atoms with Gasteiger partial charge < -0.3 is 15.4 Å². The van der Waals surface area contributed by atoms with E-state index >= 15 is 0 Å². The van der Waals surface area contributed by atoms with Gasteiger partial charge in [-0.05, 0) is 69.5 Å². The standard InChI is InChI=1S/C28H30ClN3O3S/c1-16-8-7-9-22(17(16)2)32-23(33)15-36-26-21(14-30)25(19-10-12-20(29)13-11-19)24(18(3)31-26)27(34)35-28(4,5)6/h7-13,24-25,31H,3,15H2,1-2,4-6H3,(H,32,33). The second kappa shape index (κ2) is 11.2. The van der Waals surface area contributed by atoms with Crippen LogP contribution in [0, 0.1) is 31.1 Å². The molecule has 2 unspecified atom stereocenters. The first-order valence-corrected chi connectivity index (χ1v) is 12.8. The van der Waals surface area contributed by atoms with Crippen LogP contribution in [-0.4, -0.2) is 23.2 Å². The van der Waals surface area contributed by atoms with E-state index in [2.05, 4.69) is 23.3 Å². The second-order valence-electron chi connectivity index (χ2n) is 9.63. The summed E-state index contributed by atoms with van der Waals surface area (Å²) in [6.07, 6.45) is 0. The number of nitriles is 1. The van der Waals surface area contributed by atoms with Gasteiger partial charge in [0, 0.05) is 22.3 Å². The van der Waals surface area contributed by atoms with Crippen molar-refractivity contribution in [1.82, 2.24) is 5.32 Å². The smallest absolute Gasteiger partial charge is 0.316 e. The summed E-state index contributed by atoms with van der Waals surface area (Å²) in [4.78, 5) is 26.0. The molecule has 2 aromatic carbocycles. The molecular formula is C28H30ClN3O3S.